The minimum absolute atomic E-state index is 0.334. The third-order valence-electron chi connectivity index (χ3n) is 4.26. The zero-order chi connectivity index (χ0) is 13.7. The van der Waals surface area contributed by atoms with Gasteiger partial charge in [0.25, 0.3) is 0 Å². The molecular formula is C17H27NO. The van der Waals surface area contributed by atoms with E-state index in [-0.39, 0.29) is 0 Å². The van der Waals surface area contributed by atoms with E-state index >= 15 is 0 Å². The van der Waals surface area contributed by atoms with Gasteiger partial charge in [0.05, 0.1) is 6.61 Å². The smallest absolute Gasteiger partial charge is 0.124 e. The summed E-state index contributed by atoms with van der Waals surface area (Å²) in [6.07, 6.45) is 6.83. The first-order valence-electron chi connectivity index (χ1n) is 7.61. The summed E-state index contributed by atoms with van der Waals surface area (Å²) in [5, 5.41) is 3.31. The van der Waals surface area contributed by atoms with E-state index < -0.39 is 0 Å². The van der Waals surface area contributed by atoms with Gasteiger partial charge in [0, 0.05) is 11.6 Å². The zero-order valence-corrected chi connectivity index (χ0v) is 12.5. The standard InChI is InChI=1S/C17H27NO/c1-13-9-10-17(16(11-13)14(2)18-3)19-12-15-7-5-4-6-8-15/h9-11,14-15,18H,4-8,12H2,1-3H3. The second-order valence-corrected chi connectivity index (χ2v) is 5.87. The summed E-state index contributed by atoms with van der Waals surface area (Å²) >= 11 is 0. The van der Waals surface area contributed by atoms with Crippen LogP contribution in [0.1, 0.15) is 56.2 Å². The molecule has 1 aliphatic rings. The van der Waals surface area contributed by atoms with E-state index in [0.717, 1.165) is 18.3 Å². The molecule has 106 valence electrons. The van der Waals surface area contributed by atoms with Crippen LogP contribution in [0.15, 0.2) is 18.2 Å². The Balaban J connectivity index is 2.02. The molecule has 2 rings (SSSR count). The lowest BCUT2D eigenvalue weighted by molar-refractivity contribution is 0.206. The Morgan fingerprint density at radius 2 is 2.00 bits per heavy atom. The van der Waals surface area contributed by atoms with Gasteiger partial charge in [0.2, 0.25) is 0 Å². The molecule has 0 spiro atoms. The Labute approximate surface area is 117 Å². The summed E-state index contributed by atoms with van der Waals surface area (Å²) in [5.74, 6) is 1.81. The van der Waals surface area contributed by atoms with Crippen LogP contribution in [0.5, 0.6) is 5.75 Å². The summed E-state index contributed by atoms with van der Waals surface area (Å²) in [7, 11) is 2.00. The first-order chi connectivity index (χ1) is 9.20. The maximum absolute atomic E-state index is 6.11. The van der Waals surface area contributed by atoms with Gasteiger partial charge >= 0.3 is 0 Å². The first kappa shape index (κ1) is 14.4. The van der Waals surface area contributed by atoms with E-state index in [1.807, 2.05) is 7.05 Å². The van der Waals surface area contributed by atoms with Crippen molar-refractivity contribution in [3.05, 3.63) is 29.3 Å². The highest BCUT2D eigenvalue weighted by molar-refractivity contribution is 5.38. The van der Waals surface area contributed by atoms with Crippen LogP contribution < -0.4 is 10.1 Å². The van der Waals surface area contributed by atoms with Gasteiger partial charge in [-0.3, -0.25) is 0 Å². The van der Waals surface area contributed by atoms with Gasteiger partial charge < -0.3 is 10.1 Å². The Morgan fingerprint density at radius 1 is 1.26 bits per heavy atom. The number of benzene rings is 1. The van der Waals surface area contributed by atoms with Gasteiger partial charge in [-0.1, -0.05) is 37.0 Å². The molecule has 1 aliphatic carbocycles. The Kier molecular flexibility index (Phi) is 5.26. The molecule has 1 N–H and O–H groups in total. The van der Waals surface area contributed by atoms with E-state index in [4.69, 9.17) is 4.74 Å². The average Bonchev–Trinajstić information content (AvgIpc) is 2.46. The summed E-state index contributed by atoms with van der Waals surface area (Å²) < 4.78 is 6.11. The molecule has 1 atom stereocenters. The molecule has 1 aromatic carbocycles. The summed E-state index contributed by atoms with van der Waals surface area (Å²) in [6.45, 7) is 5.20. The fourth-order valence-electron chi connectivity index (χ4n) is 2.85. The molecule has 19 heavy (non-hydrogen) atoms. The third-order valence-corrected chi connectivity index (χ3v) is 4.26. The highest BCUT2D eigenvalue weighted by Crippen LogP contribution is 2.29. The maximum Gasteiger partial charge on any atom is 0.124 e. The van der Waals surface area contributed by atoms with Crippen LogP contribution >= 0.6 is 0 Å². The minimum atomic E-state index is 0.334. The molecule has 1 saturated carbocycles. The monoisotopic (exact) mass is 261 g/mol. The maximum atomic E-state index is 6.11. The number of nitrogens with one attached hydrogen (secondary N) is 1. The van der Waals surface area contributed by atoms with Crippen molar-refractivity contribution in [2.75, 3.05) is 13.7 Å². The van der Waals surface area contributed by atoms with Crippen LogP contribution in [0.25, 0.3) is 0 Å². The Bertz CT molecular complexity index is 396. The molecule has 0 amide bonds. The molecule has 0 aliphatic heterocycles. The number of ether oxygens (including phenoxy) is 1. The first-order valence-corrected chi connectivity index (χ1v) is 7.61. The number of aryl methyl sites for hydroxylation is 1. The molecule has 0 aromatic heterocycles. The molecular weight excluding hydrogens is 234 g/mol. The number of hydrogen-bond acceptors (Lipinski definition) is 2. The molecule has 0 radical (unpaired) electrons. The highest BCUT2D eigenvalue weighted by atomic mass is 16.5. The highest BCUT2D eigenvalue weighted by Gasteiger charge is 2.16. The zero-order valence-electron chi connectivity index (χ0n) is 12.5. The lowest BCUT2D eigenvalue weighted by Crippen LogP contribution is -2.18. The fraction of sp³-hybridized carbons (Fsp3) is 0.647. The van der Waals surface area contributed by atoms with E-state index in [9.17, 15) is 0 Å². The van der Waals surface area contributed by atoms with Crippen LogP contribution in [0.4, 0.5) is 0 Å². The summed E-state index contributed by atoms with van der Waals surface area (Å²) in [6, 6.07) is 6.84. The fourth-order valence-corrected chi connectivity index (χ4v) is 2.85. The third kappa shape index (κ3) is 3.97. The van der Waals surface area contributed by atoms with Crippen LogP contribution in [0.2, 0.25) is 0 Å². The van der Waals surface area contributed by atoms with Crippen molar-refractivity contribution in [2.24, 2.45) is 5.92 Å². The van der Waals surface area contributed by atoms with Crippen molar-refractivity contribution >= 4 is 0 Å². The Hall–Kier alpha value is -1.02. The van der Waals surface area contributed by atoms with Crippen molar-refractivity contribution < 1.29 is 4.74 Å². The number of hydrogen-bond donors (Lipinski definition) is 1. The molecule has 0 bridgehead atoms. The van der Waals surface area contributed by atoms with Crippen molar-refractivity contribution in [3.8, 4) is 5.75 Å². The van der Waals surface area contributed by atoms with E-state index in [0.29, 0.717) is 6.04 Å². The van der Waals surface area contributed by atoms with Crippen molar-refractivity contribution in [1.82, 2.24) is 5.32 Å². The van der Waals surface area contributed by atoms with Crippen LogP contribution in [0.3, 0.4) is 0 Å². The molecule has 2 heteroatoms. The predicted molar refractivity (Wildman–Crippen MR) is 80.7 cm³/mol. The van der Waals surface area contributed by atoms with Crippen LogP contribution in [-0.2, 0) is 0 Å². The molecule has 1 unspecified atom stereocenters. The van der Waals surface area contributed by atoms with E-state index in [2.05, 4.69) is 37.4 Å². The van der Waals surface area contributed by atoms with Gasteiger partial charge in [0.1, 0.15) is 5.75 Å². The predicted octanol–water partition coefficient (Wildman–Crippen LogP) is 4.23. The molecule has 0 saturated heterocycles. The van der Waals surface area contributed by atoms with Gasteiger partial charge in [-0.15, -0.1) is 0 Å². The number of rotatable bonds is 5. The van der Waals surface area contributed by atoms with E-state index in [1.54, 1.807) is 0 Å². The topological polar surface area (TPSA) is 21.3 Å². The van der Waals surface area contributed by atoms with Gasteiger partial charge in [0.15, 0.2) is 0 Å². The normalized spacial score (nSPS) is 18.3. The SMILES string of the molecule is CNC(C)c1cc(C)ccc1OCC1CCCCC1. The van der Waals surface area contributed by atoms with Crippen molar-refractivity contribution in [2.45, 2.75) is 52.0 Å². The quantitative estimate of drug-likeness (QED) is 0.856. The molecule has 1 aromatic rings. The van der Waals surface area contributed by atoms with Crippen molar-refractivity contribution in [3.63, 3.8) is 0 Å². The van der Waals surface area contributed by atoms with Gasteiger partial charge in [-0.25, -0.2) is 0 Å². The van der Waals surface area contributed by atoms with Gasteiger partial charge in [-0.05, 0) is 45.7 Å². The van der Waals surface area contributed by atoms with Crippen molar-refractivity contribution in [1.29, 1.82) is 0 Å². The summed E-state index contributed by atoms with van der Waals surface area (Å²) in [5.41, 5.74) is 2.57. The van der Waals surface area contributed by atoms with Gasteiger partial charge in [-0.2, -0.15) is 0 Å². The Morgan fingerprint density at radius 3 is 2.68 bits per heavy atom. The lowest BCUT2D eigenvalue weighted by atomic mass is 9.90. The van der Waals surface area contributed by atoms with E-state index in [1.165, 1.54) is 43.2 Å². The minimum Gasteiger partial charge on any atom is -0.493 e. The molecule has 1 fully saturated rings. The van der Waals surface area contributed by atoms with Crippen LogP contribution in [0, 0.1) is 12.8 Å². The summed E-state index contributed by atoms with van der Waals surface area (Å²) in [4.78, 5) is 0. The van der Waals surface area contributed by atoms with Crippen LogP contribution in [-0.4, -0.2) is 13.7 Å². The second kappa shape index (κ2) is 6.95. The second-order valence-electron chi connectivity index (χ2n) is 5.87. The lowest BCUT2D eigenvalue weighted by Gasteiger charge is -2.23. The molecule has 2 nitrogen and oxygen atoms in total. The average molecular weight is 261 g/mol. The largest absolute Gasteiger partial charge is 0.493 e. The molecule has 0 heterocycles.